The maximum absolute atomic E-state index is 11.1. The maximum atomic E-state index is 11.1. The van der Waals surface area contributed by atoms with Gasteiger partial charge in [-0.25, -0.2) is 9.50 Å². The Bertz CT molecular complexity index is 622. The van der Waals surface area contributed by atoms with E-state index in [0.717, 1.165) is 16.9 Å². The lowest BCUT2D eigenvalue weighted by Crippen LogP contribution is -2.11. The number of nitrogens with one attached hydrogen (secondary N) is 1. The molecule has 0 bridgehead atoms. The van der Waals surface area contributed by atoms with Gasteiger partial charge in [-0.15, -0.1) is 0 Å². The van der Waals surface area contributed by atoms with E-state index in [-0.39, 0.29) is 0 Å². The van der Waals surface area contributed by atoms with E-state index >= 15 is 0 Å². The number of nitrogens with two attached hydrogens (primary N) is 1. The van der Waals surface area contributed by atoms with Crippen LogP contribution in [-0.4, -0.2) is 20.5 Å². The molecule has 1 aliphatic carbocycles. The number of carbonyl (C=O) groups is 1. The number of fused-ring (bicyclic) bond motifs is 3. The summed E-state index contributed by atoms with van der Waals surface area (Å²) in [7, 11) is 0. The molecule has 0 aromatic carbocycles. The highest BCUT2D eigenvalue weighted by molar-refractivity contribution is 6.00. The SMILES string of the molecule is NC(=O)c1ccc2n3[nH]ccc3ncc1-2. The molecule has 5 heteroatoms. The van der Waals surface area contributed by atoms with Gasteiger partial charge in [0.25, 0.3) is 0 Å². The van der Waals surface area contributed by atoms with Crippen LogP contribution in [0.15, 0.2) is 30.6 Å². The fourth-order valence-corrected chi connectivity index (χ4v) is 1.78. The number of aromatic nitrogens is 3. The van der Waals surface area contributed by atoms with Crippen LogP contribution in [0.5, 0.6) is 0 Å². The van der Waals surface area contributed by atoms with E-state index in [4.69, 9.17) is 5.73 Å². The summed E-state index contributed by atoms with van der Waals surface area (Å²) in [5.74, 6) is -0.432. The Morgan fingerprint density at radius 3 is 3.07 bits per heavy atom. The Morgan fingerprint density at radius 2 is 2.27 bits per heavy atom. The molecule has 0 spiro atoms. The number of carbonyl (C=O) groups excluding carboxylic acids is 1. The Labute approximate surface area is 84.8 Å². The number of hydrogen-bond acceptors (Lipinski definition) is 2. The minimum Gasteiger partial charge on any atom is -0.366 e. The molecule has 3 N–H and O–H groups in total. The van der Waals surface area contributed by atoms with Crippen molar-refractivity contribution in [1.29, 1.82) is 0 Å². The van der Waals surface area contributed by atoms with Crippen molar-refractivity contribution in [3.63, 3.8) is 0 Å². The maximum Gasteiger partial charge on any atom is 0.249 e. The van der Waals surface area contributed by atoms with Gasteiger partial charge in [0, 0.05) is 24.0 Å². The third-order valence-corrected chi connectivity index (χ3v) is 2.47. The predicted octanol–water partition coefficient (Wildman–Crippen LogP) is 0.866. The van der Waals surface area contributed by atoms with Gasteiger partial charge in [-0.3, -0.25) is 9.89 Å². The highest BCUT2D eigenvalue weighted by atomic mass is 16.1. The number of aromatic amines is 1. The Hall–Kier alpha value is -2.30. The van der Waals surface area contributed by atoms with Gasteiger partial charge in [0.1, 0.15) is 0 Å². The van der Waals surface area contributed by atoms with Crippen molar-refractivity contribution in [2.45, 2.75) is 0 Å². The molecule has 5 nitrogen and oxygen atoms in total. The second-order valence-electron chi connectivity index (χ2n) is 3.32. The average molecular weight is 200 g/mol. The van der Waals surface area contributed by atoms with Crippen molar-refractivity contribution in [2.75, 3.05) is 0 Å². The van der Waals surface area contributed by atoms with E-state index in [9.17, 15) is 4.79 Å². The van der Waals surface area contributed by atoms with Gasteiger partial charge in [-0.05, 0) is 12.1 Å². The van der Waals surface area contributed by atoms with Gasteiger partial charge in [0.05, 0.1) is 11.3 Å². The van der Waals surface area contributed by atoms with Crippen molar-refractivity contribution < 1.29 is 4.79 Å². The molecular formula is C10H8N4O. The molecule has 0 saturated heterocycles. The van der Waals surface area contributed by atoms with Crippen LogP contribution in [-0.2, 0) is 0 Å². The molecule has 2 heterocycles. The lowest BCUT2D eigenvalue weighted by molar-refractivity contribution is 0.100. The van der Waals surface area contributed by atoms with E-state index in [1.165, 1.54) is 0 Å². The molecule has 0 atom stereocenters. The molecule has 74 valence electrons. The lowest BCUT2D eigenvalue weighted by atomic mass is 10.2. The predicted molar refractivity (Wildman–Crippen MR) is 54.7 cm³/mol. The van der Waals surface area contributed by atoms with Crippen molar-refractivity contribution in [3.8, 4) is 11.3 Å². The number of nitrogens with zero attached hydrogens (tertiary/aromatic N) is 2. The first-order chi connectivity index (χ1) is 7.27. The van der Waals surface area contributed by atoms with E-state index < -0.39 is 5.91 Å². The summed E-state index contributed by atoms with van der Waals surface area (Å²) in [4.78, 5) is 15.3. The van der Waals surface area contributed by atoms with Crippen molar-refractivity contribution in [2.24, 2.45) is 5.73 Å². The Kier molecular flexibility index (Phi) is 1.39. The van der Waals surface area contributed by atoms with E-state index in [0.29, 0.717) is 5.56 Å². The number of H-pyrrole nitrogens is 1. The highest BCUT2D eigenvalue weighted by Crippen LogP contribution is 2.26. The van der Waals surface area contributed by atoms with Crippen LogP contribution in [0.2, 0.25) is 0 Å². The number of amides is 1. The van der Waals surface area contributed by atoms with Crippen LogP contribution in [0.4, 0.5) is 0 Å². The first-order valence-corrected chi connectivity index (χ1v) is 4.51. The monoisotopic (exact) mass is 200 g/mol. The standard InChI is InChI=1S/C10H8N4O/c11-10(15)6-1-2-8-7(6)5-12-9-3-4-13-14(8)9/h1-5,13H,(H2,11,15). The first-order valence-electron chi connectivity index (χ1n) is 4.51. The highest BCUT2D eigenvalue weighted by Gasteiger charge is 2.16. The molecular weight excluding hydrogens is 192 g/mol. The summed E-state index contributed by atoms with van der Waals surface area (Å²) in [6, 6.07) is 5.42. The zero-order valence-electron chi connectivity index (χ0n) is 7.77. The number of primary amides is 1. The van der Waals surface area contributed by atoms with Gasteiger partial charge in [-0.2, -0.15) is 0 Å². The molecule has 1 aromatic rings. The molecule has 3 rings (SSSR count). The van der Waals surface area contributed by atoms with Crippen molar-refractivity contribution in [3.05, 3.63) is 36.2 Å². The van der Waals surface area contributed by atoms with Crippen LogP contribution < -0.4 is 5.73 Å². The van der Waals surface area contributed by atoms with Crippen molar-refractivity contribution >= 4 is 11.6 Å². The van der Waals surface area contributed by atoms with Crippen LogP contribution >= 0.6 is 0 Å². The molecule has 1 amide bonds. The third-order valence-electron chi connectivity index (χ3n) is 2.47. The lowest BCUT2D eigenvalue weighted by Gasteiger charge is -2.03. The molecule has 0 unspecified atom stereocenters. The fourth-order valence-electron chi connectivity index (χ4n) is 1.78. The van der Waals surface area contributed by atoms with Crippen LogP contribution in [0, 0.1) is 0 Å². The number of hydrogen-bond donors (Lipinski definition) is 2. The van der Waals surface area contributed by atoms with Gasteiger partial charge >= 0.3 is 0 Å². The molecule has 1 aromatic heterocycles. The van der Waals surface area contributed by atoms with Crippen LogP contribution in [0.1, 0.15) is 10.4 Å². The molecule has 0 fully saturated rings. The summed E-state index contributed by atoms with van der Waals surface area (Å²) >= 11 is 0. The van der Waals surface area contributed by atoms with Gasteiger partial charge in [0.2, 0.25) is 5.91 Å². The Balaban J connectivity index is 2.41. The van der Waals surface area contributed by atoms with E-state index in [1.807, 2.05) is 16.6 Å². The molecule has 15 heavy (non-hydrogen) atoms. The molecule has 1 aliphatic heterocycles. The van der Waals surface area contributed by atoms with Crippen LogP contribution in [0.3, 0.4) is 0 Å². The van der Waals surface area contributed by atoms with Gasteiger partial charge in [-0.1, -0.05) is 0 Å². The second-order valence-corrected chi connectivity index (χ2v) is 3.32. The Morgan fingerprint density at radius 1 is 1.40 bits per heavy atom. The largest absolute Gasteiger partial charge is 0.366 e. The normalized spacial score (nSPS) is 11.2. The topological polar surface area (TPSA) is 76.2 Å². The van der Waals surface area contributed by atoms with Gasteiger partial charge in [0.15, 0.2) is 5.65 Å². The zero-order valence-corrected chi connectivity index (χ0v) is 7.77. The minimum atomic E-state index is -0.432. The quantitative estimate of drug-likeness (QED) is 0.611. The first kappa shape index (κ1) is 8.05. The summed E-state index contributed by atoms with van der Waals surface area (Å²) < 4.78 is 1.81. The molecule has 0 saturated carbocycles. The third kappa shape index (κ3) is 0.969. The van der Waals surface area contributed by atoms with E-state index in [1.54, 1.807) is 18.5 Å². The molecule has 0 radical (unpaired) electrons. The summed E-state index contributed by atoms with van der Waals surface area (Å²) in [6.45, 7) is 0. The van der Waals surface area contributed by atoms with Crippen LogP contribution in [0.25, 0.3) is 16.9 Å². The minimum absolute atomic E-state index is 0.432. The zero-order chi connectivity index (χ0) is 10.4. The van der Waals surface area contributed by atoms with E-state index in [2.05, 4.69) is 10.1 Å². The summed E-state index contributed by atoms with van der Waals surface area (Å²) in [5.41, 5.74) is 8.24. The van der Waals surface area contributed by atoms with Crippen molar-refractivity contribution in [1.82, 2.24) is 14.6 Å². The smallest absolute Gasteiger partial charge is 0.249 e. The summed E-state index contributed by atoms with van der Waals surface area (Å²) in [6.07, 6.45) is 3.46. The second kappa shape index (κ2) is 2.60. The van der Waals surface area contributed by atoms with Gasteiger partial charge < -0.3 is 5.73 Å². The average Bonchev–Trinajstić information content (AvgIpc) is 2.82. The molecule has 2 aliphatic rings. The summed E-state index contributed by atoms with van der Waals surface area (Å²) in [5, 5.41) is 3.02. The number of rotatable bonds is 1. The fraction of sp³-hybridized carbons (Fsp3) is 0.